The van der Waals surface area contributed by atoms with Crippen LogP contribution in [0.4, 0.5) is 5.69 Å². The molecule has 0 radical (unpaired) electrons. The lowest BCUT2D eigenvalue weighted by Gasteiger charge is -2.13. The maximum absolute atomic E-state index is 12.9. The average Bonchev–Trinajstić information content (AvgIpc) is 3.47. The lowest BCUT2D eigenvalue weighted by atomic mass is 10.0. The van der Waals surface area contributed by atoms with Gasteiger partial charge in [0.15, 0.2) is 11.0 Å². The normalized spacial score (nSPS) is 11.4. The summed E-state index contributed by atoms with van der Waals surface area (Å²) in [5.41, 5.74) is 4.31. The molecule has 1 amide bonds. The smallest absolute Gasteiger partial charge is 0.238 e. The minimum atomic E-state index is -3.83. The number of thioether (sulfide) groups is 1. The van der Waals surface area contributed by atoms with E-state index in [1.807, 2.05) is 65.2 Å². The second-order valence-corrected chi connectivity index (χ2v) is 12.2. The minimum absolute atomic E-state index is 0.0174. The summed E-state index contributed by atoms with van der Waals surface area (Å²) in [6.07, 6.45) is 0. The fourth-order valence-corrected chi connectivity index (χ4v) is 5.94. The molecule has 4 aromatic carbocycles. The maximum Gasteiger partial charge on any atom is 0.238 e. The van der Waals surface area contributed by atoms with Crippen LogP contribution in [0.5, 0.6) is 5.75 Å². The van der Waals surface area contributed by atoms with E-state index in [2.05, 4.69) is 15.5 Å². The second-order valence-electron chi connectivity index (χ2n) is 9.68. The quantitative estimate of drug-likeness (QED) is 0.200. The largest absolute Gasteiger partial charge is 0.497 e. The minimum Gasteiger partial charge on any atom is -0.497 e. The Bertz CT molecular complexity index is 2070. The third-order valence-corrected chi connectivity index (χ3v) is 8.65. The molecule has 2 aromatic heterocycles. The number of aromatic nitrogens is 4. The molecule has 220 valence electrons. The highest BCUT2D eigenvalue weighted by Crippen LogP contribution is 2.35. The number of nitrogens with one attached hydrogen (secondary N) is 1. The number of hydrogen-bond acceptors (Lipinski definition) is 8. The molecule has 2 heterocycles. The molecule has 0 unspecified atom stereocenters. The van der Waals surface area contributed by atoms with Crippen LogP contribution in [0.25, 0.3) is 39.2 Å². The zero-order valence-electron chi connectivity index (χ0n) is 23.4. The van der Waals surface area contributed by atoms with Gasteiger partial charge in [0, 0.05) is 27.9 Å². The number of pyridine rings is 1. The van der Waals surface area contributed by atoms with E-state index in [0.717, 1.165) is 22.2 Å². The number of methoxy groups -OCH3 is 1. The number of amides is 1. The van der Waals surface area contributed by atoms with Crippen LogP contribution in [0, 0.1) is 0 Å². The van der Waals surface area contributed by atoms with Crippen molar-refractivity contribution >= 4 is 44.3 Å². The van der Waals surface area contributed by atoms with Crippen molar-refractivity contribution in [2.24, 2.45) is 5.14 Å². The first-order valence-corrected chi connectivity index (χ1v) is 15.9. The van der Waals surface area contributed by atoms with Crippen molar-refractivity contribution < 1.29 is 17.9 Å². The Balaban J connectivity index is 1.39. The summed E-state index contributed by atoms with van der Waals surface area (Å²) in [6.45, 7) is 0. The van der Waals surface area contributed by atoms with Gasteiger partial charge in [0.2, 0.25) is 15.9 Å². The summed E-state index contributed by atoms with van der Waals surface area (Å²) < 4.78 is 30.7. The molecule has 0 saturated carbocycles. The maximum atomic E-state index is 12.9. The van der Waals surface area contributed by atoms with E-state index >= 15 is 0 Å². The van der Waals surface area contributed by atoms with E-state index in [-0.39, 0.29) is 16.6 Å². The molecule has 6 aromatic rings. The monoisotopic (exact) mass is 622 g/mol. The molecule has 44 heavy (non-hydrogen) atoms. The second kappa shape index (κ2) is 12.3. The topological polar surface area (TPSA) is 142 Å². The lowest BCUT2D eigenvalue weighted by molar-refractivity contribution is -0.113. The van der Waals surface area contributed by atoms with E-state index in [1.165, 1.54) is 23.9 Å². The summed E-state index contributed by atoms with van der Waals surface area (Å²) >= 11 is 1.27. The van der Waals surface area contributed by atoms with E-state index < -0.39 is 10.0 Å². The summed E-state index contributed by atoms with van der Waals surface area (Å²) in [7, 11) is -2.24. The molecular weight excluding hydrogens is 597 g/mol. The number of carbonyl (C=O) groups is 1. The Morgan fingerprint density at radius 1 is 0.909 bits per heavy atom. The number of nitrogens with two attached hydrogens (primary N) is 1. The molecule has 10 nitrogen and oxygen atoms in total. The van der Waals surface area contributed by atoms with Gasteiger partial charge in [-0.15, -0.1) is 10.2 Å². The Morgan fingerprint density at radius 3 is 2.32 bits per heavy atom. The van der Waals surface area contributed by atoms with Crippen LogP contribution < -0.4 is 15.2 Å². The number of benzene rings is 4. The van der Waals surface area contributed by atoms with Crippen LogP contribution in [0.2, 0.25) is 0 Å². The third-order valence-electron chi connectivity index (χ3n) is 6.79. The predicted molar refractivity (Wildman–Crippen MR) is 171 cm³/mol. The number of rotatable bonds is 9. The van der Waals surface area contributed by atoms with Crippen molar-refractivity contribution in [1.82, 2.24) is 19.7 Å². The van der Waals surface area contributed by atoms with E-state index in [1.54, 1.807) is 43.5 Å². The molecule has 0 aliphatic rings. The number of anilines is 1. The van der Waals surface area contributed by atoms with E-state index in [0.29, 0.717) is 33.7 Å². The van der Waals surface area contributed by atoms with Gasteiger partial charge in [-0.3, -0.25) is 9.36 Å². The van der Waals surface area contributed by atoms with Gasteiger partial charge in [-0.1, -0.05) is 60.3 Å². The molecule has 0 atom stereocenters. The highest BCUT2D eigenvalue weighted by atomic mass is 32.2. The first kappa shape index (κ1) is 29.1. The molecular formula is C32H26N6O4S2. The number of para-hydroxylation sites is 2. The van der Waals surface area contributed by atoms with Crippen LogP contribution in [0.3, 0.4) is 0 Å². The highest BCUT2D eigenvalue weighted by molar-refractivity contribution is 7.99. The summed E-state index contributed by atoms with van der Waals surface area (Å²) in [5.74, 6) is 1.18. The van der Waals surface area contributed by atoms with E-state index in [9.17, 15) is 13.2 Å². The van der Waals surface area contributed by atoms with Crippen LogP contribution in [0.15, 0.2) is 119 Å². The van der Waals surface area contributed by atoms with Gasteiger partial charge in [-0.05, 0) is 60.7 Å². The van der Waals surface area contributed by atoms with Crippen molar-refractivity contribution in [3.05, 3.63) is 109 Å². The third kappa shape index (κ3) is 6.18. The molecule has 3 N–H and O–H groups in total. The summed E-state index contributed by atoms with van der Waals surface area (Å²) in [5, 5.41) is 18.7. The molecule has 0 spiro atoms. The van der Waals surface area contributed by atoms with Gasteiger partial charge in [-0.25, -0.2) is 18.5 Å². The Hall–Kier alpha value is -5.04. The average molecular weight is 623 g/mol. The predicted octanol–water partition coefficient (Wildman–Crippen LogP) is 5.54. The first-order chi connectivity index (χ1) is 21.3. The van der Waals surface area contributed by atoms with Gasteiger partial charge in [-0.2, -0.15) is 0 Å². The number of nitrogens with zero attached hydrogens (tertiary/aromatic N) is 4. The molecule has 0 fully saturated rings. The number of fused-ring (bicyclic) bond motifs is 1. The van der Waals surface area contributed by atoms with Gasteiger partial charge in [0.05, 0.1) is 29.0 Å². The van der Waals surface area contributed by atoms with Gasteiger partial charge in [0.1, 0.15) is 5.75 Å². The molecule has 0 saturated heterocycles. The SMILES string of the molecule is COc1ccc(NC(=O)CSc2nnc(-c3cc(-c4ccc(S(N)(=O)=O)cc4)nc4ccccc34)n2-c2ccccc2)cc1. The van der Waals surface area contributed by atoms with Crippen LogP contribution in [-0.2, 0) is 14.8 Å². The van der Waals surface area contributed by atoms with Crippen molar-refractivity contribution in [3.8, 4) is 34.1 Å². The van der Waals surface area contributed by atoms with Gasteiger partial charge < -0.3 is 10.1 Å². The Labute approximate surface area is 258 Å². The fraction of sp³-hybridized carbons (Fsp3) is 0.0625. The number of carbonyl (C=O) groups excluding carboxylic acids is 1. The zero-order chi connectivity index (χ0) is 30.7. The van der Waals surface area contributed by atoms with E-state index in [4.69, 9.17) is 14.9 Å². The molecule has 0 bridgehead atoms. The first-order valence-electron chi connectivity index (χ1n) is 13.4. The van der Waals surface area contributed by atoms with Gasteiger partial charge >= 0.3 is 0 Å². The van der Waals surface area contributed by atoms with Crippen molar-refractivity contribution in [2.75, 3.05) is 18.2 Å². The van der Waals surface area contributed by atoms with Crippen molar-refractivity contribution in [2.45, 2.75) is 10.1 Å². The van der Waals surface area contributed by atoms with Crippen molar-refractivity contribution in [1.29, 1.82) is 0 Å². The molecule has 12 heteroatoms. The number of ether oxygens (including phenoxy) is 1. The summed E-state index contributed by atoms with van der Waals surface area (Å²) in [4.78, 5) is 17.7. The Morgan fingerprint density at radius 2 is 1.61 bits per heavy atom. The molecule has 0 aliphatic carbocycles. The summed E-state index contributed by atoms with van der Waals surface area (Å²) in [6, 6.07) is 32.6. The number of primary sulfonamides is 1. The molecule has 6 rings (SSSR count). The number of sulfonamides is 1. The van der Waals surface area contributed by atoms with Crippen LogP contribution in [0.1, 0.15) is 0 Å². The van der Waals surface area contributed by atoms with Crippen LogP contribution in [-0.4, -0.2) is 46.9 Å². The zero-order valence-corrected chi connectivity index (χ0v) is 25.0. The van der Waals surface area contributed by atoms with Crippen molar-refractivity contribution in [3.63, 3.8) is 0 Å². The lowest BCUT2D eigenvalue weighted by Crippen LogP contribution is -2.14. The van der Waals surface area contributed by atoms with Gasteiger partial charge in [0.25, 0.3) is 0 Å². The highest BCUT2D eigenvalue weighted by Gasteiger charge is 2.21. The standard InChI is InChI=1S/C32H26N6O4S2/c1-42-24-15-13-22(14-16-24)34-30(39)20-43-32-37-36-31(38(32)23-7-3-2-4-8-23)27-19-29(35-28-10-6-5-9-26(27)28)21-11-17-25(18-12-21)44(33,40)41/h2-19H,20H2,1H3,(H,34,39)(H2,33,40,41). The molecule has 0 aliphatic heterocycles. The van der Waals surface area contributed by atoms with Crippen LogP contribution >= 0.6 is 11.8 Å². The fourth-order valence-electron chi connectivity index (χ4n) is 4.67. The Kier molecular flexibility index (Phi) is 8.11. The number of hydrogen-bond donors (Lipinski definition) is 2.